The van der Waals surface area contributed by atoms with Gasteiger partial charge in [0.1, 0.15) is 5.82 Å². The van der Waals surface area contributed by atoms with Gasteiger partial charge >= 0.3 is 0 Å². The molecule has 1 N–H and O–H groups in total. The zero-order chi connectivity index (χ0) is 14.6. The average molecular weight is 275 g/mol. The van der Waals surface area contributed by atoms with Crippen LogP contribution in [-0.4, -0.2) is 25.1 Å². The lowest BCUT2D eigenvalue weighted by molar-refractivity contribution is 0.220. The molecular formula is C17H29N3. The van der Waals surface area contributed by atoms with Crippen LogP contribution in [0.25, 0.3) is 0 Å². The molecule has 0 spiro atoms. The Morgan fingerprint density at radius 3 is 2.80 bits per heavy atom. The lowest BCUT2D eigenvalue weighted by Gasteiger charge is -2.30. The molecule has 1 aromatic rings. The van der Waals surface area contributed by atoms with Crippen molar-refractivity contribution < 1.29 is 0 Å². The van der Waals surface area contributed by atoms with Gasteiger partial charge in [-0.2, -0.15) is 0 Å². The summed E-state index contributed by atoms with van der Waals surface area (Å²) >= 11 is 0. The molecule has 0 aromatic carbocycles. The third kappa shape index (κ3) is 3.95. The molecule has 20 heavy (non-hydrogen) atoms. The SMILES string of the molecule is CNCc1ccnc(N2CCCC(C(C)(C)C)CC2)c1. The van der Waals surface area contributed by atoms with Crippen molar-refractivity contribution in [2.24, 2.45) is 11.3 Å². The monoisotopic (exact) mass is 275 g/mol. The fraction of sp³-hybridized carbons (Fsp3) is 0.706. The minimum atomic E-state index is 0.428. The van der Waals surface area contributed by atoms with Crippen molar-refractivity contribution in [3.05, 3.63) is 23.9 Å². The highest BCUT2D eigenvalue weighted by Gasteiger charge is 2.27. The summed E-state index contributed by atoms with van der Waals surface area (Å²) in [5.41, 5.74) is 1.74. The summed E-state index contributed by atoms with van der Waals surface area (Å²) in [5, 5.41) is 3.21. The number of hydrogen-bond acceptors (Lipinski definition) is 3. The molecule has 112 valence electrons. The van der Waals surface area contributed by atoms with Crippen LogP contribution >= 0.6 is 0 Å². The van der Waals surface area contributed by atoms with Gasteiger partial charge < -0.3 is 10.2 Å². The van der Waals surface area contributed by atoms with E-state index in [1.165, 1.54) is 24.8 Å². The number of pyridine rings is 1. The third-order valence-electron chi connectivity index (χ3n) is 4.47. The Hall–Kier alpha value is -1.09. The highest BCUT2D eigenvalue weighted by molar-refractivity contribution is 5.41. The normalized spacial score (nSPS) is 20.8. The van der Waals surface area contributed by atoms with E-state index in [0.29, 0.717) is 5.41 Å². The third-order valence-corrected chi connectivity index (χ3v) is 4.47. The molecule has 0 bridgehead atoms. The second-order valence-corrected chi connectivity index (χ2v) is 7.03. The number of anilines is 1. The first kappa shape index (κ1) is 15.3. The van der Waals surface area contributed by atoms with E-state index in [-0.39, 0.29) is 0 Å². The van der Waals surface area contributed by atoms with Crippen LogP contribution in [0.2, 0.25) is 0 Å². The van der Waals surface area contributed by atoms with Crippen LogP contribution in [0.3, 0.4) is 0 Å². The Morgan fingerprint density at radius 2 is 2.10 bits per heavy atom. The van der Waals surface area contributed by atoms with Crippen molar-refractivity contribution in [1.29, 1.82) is 0 Å². The van der Waals surface area contributed by atoms with Gasteiger partial charge in [-0.3, -0.25) is 0 Å². The molecule has 2 rings (SSSR count). The van der Waals surface area contributed by atoms with Crippen LogP contribution in [-0.2, 0) is 6.54 Å². The molecule has 0 saturated carbocycles. The Labute approximate surface area is 123 Å². The van der Waals surface area contributed by atoms with Gasteiger partial charge in [0.2, 0.25) is 0 Å². The lowest BCUT2D eigenvalue weighted by atomic mass is 9.77. The summed E-state index contributed by atoms with van der Waals surface area (Å²) in [7, 11) is 1.99. The molecule has 3 heteroatoms. The average Bonchev–Trinajstić information content (AvgIpc) is 2.64. The molecule has 1 saturated heterocycles. The molecule has 3 nitrogen and oxygen atoms in total. The van der Waals surface area contributed by atoms with Crippen molar-refractivity contribution in [3.63, 3.8) is 0 Å². The summed E-state index contributed by atoms with van der Waals surface area (Å²) in [6.07, 6.45) is 5.84. The van der Waals surface area contributed by atoms with Crippen LogP contribution in [0.4, 0.5) is 5.82 Å². The Bertz CT molecular complexity index is 422. The van der Waals surface area contributed by atoms with E-state index in [2.05, 4.69) is 48.1 Å². The fourth-order valence-corrected chi connectivity index (χ4v) is 3.14. The van der Waals surface area contributed by atoms with Crippen LogP contribution < -0.4 is 10.2 Å². The molecule has 1 unspecified atom stereocenters. The summed E-state index contributed by atoms with van der Waals surface area (Å²) in [5.74, 6) is 1.97. The van der Waals surface area contributed by atoms with Gasteiger partial charge in [-0.05, 0) is 55.3 Å². The minimum Gasteiger partial charge on any atom is -0.357 e. The van der Waals surface area contributed by atoms with E-state index in [4.69, 9.17) is 0 Å². The van der Waals surface area contributed by atoms with Gasteiger partial charge in [-0.25, -0.2) is 4.98 Å². The molecule has 0 amide bonds. The fourth-order valence-electron chi connectivity index (χ4n) is 3.14. The van der Waals surface area contributed by atoms with Crippen LogP contribution in [0.5, 0.6) is 0 Å². The summed E-state index contributed by atoms with van der Waals surface area (Å²) in [6.45, 7) is 10.3. The second kappa shape index (κ2) is 6.57. The number of aromatic nitrogens is 1. The Kier molecular flexibility index (Phi) is 5.03. The maximum absolute atomic E-state index is 4.57. The zero-order valence-corrected chi connectivity index (χ0v) is 13.4. The largest absolute Gasteiger partial charge is 0.357 e. The van der Waals surface area contributed by atoms with Crippen molar-refractivity contribution in [1.82, 2.24) is 10.3 Å². The van der Waals surface area contributed by atoms with Gasteiger partial charge in [0.25, 0.3) is 0 Å². The summed E-state index contributed by atoms with van der Waals surface area (Å²) in [6, 6.07) is 4.32. The molecule has 2 heterocycles. The van der Waals surface area contributed by atoms with E-state index < -0.39 is 0 Å². The van der Waals surface area contributed by atoms with Gasteiger partial charge in [-0.1, -0.05) is 20.8 Å². The number of hydrogen-bond donors (Lipinski definition) is 1. The topological polar surface area (TPSA) is 28.2 Å². The highest BCUT2D eigenvalue weighted by atomic mass is 15.2. The molecule has 1 aliphatic heterocycles. The highest BCUT2D eigenvalue weighted by Crippen LogP contribution is 2.34. The predicted molar refractivity (Wildman–Crippen MR) is 86.0 cm³/mol. The van der Waals surface area contributed by atoms with Crippen molar-refractivity contribution in [3.8, 4) is 0 Å². The molecule has 1 aromatic heterocycles. The molecule has 1 aliphatic rings. The summed E-state index contributed by atoms with van der Waals surface area (Å²) < 4.78 is 0. The maximum atomic E-state index is 4.57. The number of nitrogens with zero attached hydrogens (tertiary/aromatic N) is 2. The van der Waals surface area contributed by atoms with Crippen LogP contribution in [0, 0.1) is 11.3 Å². The van der Waals surface area contributed by atoms with E-state index in [0.717, 1.165) is 31.4 Å². The van der Waals surface area contributed by atoms with Gasteiger partial charge in [0.15, 0.2) is 0 Å². The molecule has 0 aliphatic carbocycles. The summed E-state index contributed by atoms with van der Waals surface area (Å²) in [4.78, 5) is 7.04. The zero-order valence-electron chi connectivity index (χ0n) is 13.4. The Morgan fingerprint density at radius 1 is 1.30 bits per heavy atom. The van der Waals surface area contributed by atoms with Crippen LogP contribution in [0.15, 0.2) is 18.3 Å². The molecule has 1 atom stereocenters. The first-order valence-corrected chi connectivity index (χ1v) is 7.85. The lowest BCUT2D eigenvalue weighted by Crippen LogP contribution is -2.27. The smallest absolute Gasteiger partial charge is 0.128 e. The van der Waals surface area contributed by atoms with Crippen molar-refractivity contribution >= 4 is 5.82 Å². The Balaban J connectivity index is 2.05. The first-order chi connectivity index (χ1) is 9.50. The number of rotatable bonds is 3. The van der Waals surface area contributed by atoms with E-state index in [1.54, 1.807) is 0 Å². The molecule has 1 fully saturated rings. The first-order valence-electron chi connectivity index (χ1n) is 7.85. The maximum Gasteiger partial charge on any atom is 0.128 e. The van der Waals surface area contributed by atoms with Crippen molar-refractivity contribution in [2.45, 2.75) is 46.6 Å². The van der Waals surface area contributed by atoms with Crippen molar-refractivity contribution in [2.75, 3.05) is 25.0 Å². The van der Waals surface area contributed by atoms with Gasteiger partial charge in [0.05, 0.1) is 0 Å². The minimum absolute atomic E-state index is 0.428. The van der Waals surface area contributed by atoms with Gasteiger partial charge in [-0.15, -0.1) is 0 Å². The van der Waals surface area contributed by atoms with E-state index in [1.807, 2.05) is 13.2 Å². The van der Waals surface area contributed by atoms with E-state index >= 15 is 0 Å². The standard InChI is InChI=1S/C17H29N3/c1-17(2,3)15-6-5-10-20(11-8-15)16-12-14(13-18-4)7-9-19-16/h7,9,12,15,18H,5-6,8,10-11,13H2,1-4H3. The molecule has 0 radical (unpaired) electrons. The molecular weight excluding hydrogens is 246 g/mol. The quantitative estimate of drug-likeness (QED) is 0.915. The second-order valence-electron chi connectivity index (χ2n) is 7.03. The van der Waals surface area contributed by atoms with Gasteiger partial charge in [0, 0.05) is 25.8 Å². The predicted octanol–water partition coefficient (Wildman–Crippen LogP) is 3.45. The van der Waals surface area contributed by atoms with E-state index in [9.17, 15) is 0 Å². The van der Waals surface area contributed by atoms with Crippen LogP contribution in [0.1, 0.15) is 45.6 Å². The number of nitrogens with one attached hydrogen (secondary N) is 1.